The monoisotopic (exact) mass is 482 g/mol. The Kier molecular flexibility index (Phi) is 6.55. The molecule has 0 aliphatic rings. The molecule has 34 heavy (non-hydrogen) atoms. The van der Waals surface area contributed by atoms with Crippen LogP contribution in [-0.2, 0) is 18.3 Å². The van der Waals surface area contributed by atoms with Crippen LogP contribution in [0.3, 0.4) is 0 Å². The van der Waals surface area contributed by atoms with Gasteiger partial charge in [-0.15, -0.1) is 0 Å². The van der Waals surface area contributed by atoms with E-state index in [1.807, 2.05) is 0 Å². The molecule has 0 aliphatic carbocycles. The van der Waals surface area contributed by atoms with Gasteiger partial charge in [0.05, 0.1) is 18.5 Å². The van der Waals surface area contributed by atoms with E-state index in [2.05, 4.69) is 20.6 Å². The predicted octanol–water partition coefficient (Wildman–Crippen LogP) is 2.21. The largest absolute Gasteiger partial charge is 0.495 e. The zero-order valence-electron chi connectivity index (χ0n) is 18.2. The maximum atomic E-state index is 12.6. The average molecular weight is 483 g/mol. The number of aryl methyl sites for hydroxylation is 1. The Bertz CT molecular complexity index is 1460. The van der Waals surface area contributed by atoms with Gasteiger partial charge >= 0.3 is 5.69 Å². The molecule has 0 saturated carbocycles. The molecule has 4 aromatic rings. The second-order valence-corrected chi connectivity index (χ2v) is 7.58. The standard InChI is InChI=1S/C22H19ClN6O5/c1-28-21(31)19(26-29(22(28)32)14-6-4-3-5-7-14)20-25-18(34-27-20)11-10-17(30)24-15-12-13(23)8-9-16(15)33-2/h3-9,12H,10-11H2,1-2H3,(H,24,30). The van der Waals surface area contributed by atoms with Gasteiger partial charge in [0.1, 0.15) is 5.75 Å². The second-order valence-electron chi connectivity index (χ2n) is 7.15. The van der Waals surface area contributed by atoms with Gasteiger partial charge in [0.25, 0.3) is 5.56 Å². The summed E-state index contributed by atoms with van der Waals surface area (Å²) in [5.74, 6) is 0.182. The van der Waals surface area contributed by atoms with Gasteiger partial charge in [0, 0.05) is 24.9 Å². The molecule has 2 heterocycles. The van der Waals surface area contributed by atoms with Crippen molar-refractivity contribution < 1.29 is 14.1 Å². The summed E-state index contributed by atoms with van der Waals surface area (Å²) < 4.78 is 12.4. The van der Waals surface area contributed by atoms with E-state index in [1.54, 1.807) is 48.5 Å². The molecule has 0 bridgehead atoms. The number of rotatable bonds is 7. The highest BCUT2D eigenvalue weighted by molar-refractivity contribution is 6.31. The first-order valence-electron chi connectivity index (χ1n) is 10.1. The van der Waals surface area contributed by atoms with Crippen molar-refractivity contribution >= 4 is 23.2 Å². The van der Waals surface area contributed by atoms with Crippen LogP contribution < -0.4 is 21.3 Å². The van der Waals surface area contributed by atoms with Crippen molar-refractivity contribution in [3.8, 4) is 23.0 Å². The third-order valence-corrected chi connectivity index (χ3v) is 5.09. The van der Waals surface area contributed by atoms with E-state index in [-0.39, 0.29) is 36.2 Å². The Morgan fingerprint density at radius 1 is 1.18 bits per heavy atom. The van der Waals surface area contributed by atoms with Crippen LogP contribution in [0, 0.1) is 0 Å². The molecule has 0 radical (unpaired) electrons. The number of nitrogens with zero attached hydrogens (tertiary/aromatic N) is 5. The number of para-hydroxylation sites is 1. The fourth-order valence-corrected chi connectivity index (χ4v) is 3.29. The number of anilines is 1. The fraction of sp³-hybridized carbons (Fsp3) is 0.182. The van der Waals surface area contributed by atoms with Crippen molar-refractivity contribution in [1.82, 2.24) is 24.5 Å². The van der Waals surface area contributed by atoms with Gasteiger partial charge in [-0.3, -0.25) is 14.2 Å². The molecule has 2 aromatic heterocycles. The molecule has 4 rings (SSSR count). The summed E-state index contributed by atoms with van der Waals surface area (Å²) in [4.78, 5) is 41.7. The van der Waals surface area contributed by atoms with Gasteiger partial charge in [-0.1, -0.05) is 35.0 Å². The van der Waals surface area contributed by atoms with E-state index < -0.39 is 11.2 Å². The van der Waals surface area contributed by atoms with Gasteiger partial charge in [-0.2, -0.15) is 14.8 Å². The van der Waals surface area contributed by atoms with Crippen molar-refractivity contribution in [2.45, 2.75) is 12.8 Å². The highest BCUT2D eigenvalue weighted by Gasteiger charge is 2.19. The first-order valence-corrected chi connectivity index (χ1v) is 10.5. The van der Waals surface area contributed by atoms with Crippen LogP contribution in [0.2, 0.25) is 5.02 Å². The smallest absolute Gasteiger partial charge is 0.351 e. The molecule has 174 valence electrons. The SMILES string of the molecule is COc1ccc(Cl)cc1NC(=O)CCc1nc(-c2nn(-c3ccccc3)c(=O)n(C)c2=O)no1. The number of nitrogens with one attached hydrogen (secondary N) is 1. The van der Waals surface area contributed by atoms with Crippen molar-refractivity contribution in [3.05, 3.63) is 80.3 Å². The Morgan fingerprint density at radius 3 is 2.68 bits per heavy atom. The zero-order valence-corrected chi connectivity index (χ0v) is 18.9. The fourth-order valence-electron chi connectivity index (χ4n) is 3.11. The lowest BCUT2D eigenvalue weighted by Crippen LogP contribution is -2.40. The lowest BCUT2D eigenvalue weighted by molar-refractivity contribution is -0.116. The molecule has 0 atom stereocenters. The lowest BCUT2D eigenvalue weighted by atomic mass is 10.2. The van der Waals surface area contributed by atoms with Gasteiger partial charge in [-0.05, 0) is 30.3 Å². The Hall–Kier alpha value is -4.25. The molecule has 0 saturated heterocycles. The maximum Gasteiger partial charge on any atom is 0.351 e. The number of amides is 1. The minimum atomic E-state index is -0.671. The molecule has 1 N–H and O–H groups in total. The summed E-state index contributed by atoms with van der Waals surface area (Å²) in [6.45, 7) is 0. The van der Waals surface area contributed by atoms with Crippen LogP contribution in [0.15, 0.2) is 62.6 Å². The average Bonchev–Trinajstić information content (AvgIpc) is 3.31. The minimum absolute atomic E-state index is 0.0201. The first kappa shape index (κ1) is 22.9. The number of hydrogen-bond donors (Lipinski definition) is 1. The van der Waals surface area contributed by atoms with Crippen LogP contribution >= 0.6 is 11.6 Å². The summed E-state index contributed by atoms with van der Waals surface area (Å²) in [6.07, 6.45) is 0.132. The molecule has 2 aromatic carbocycles. The number of ether oxygens (including phenoxy) is 1. The Labute approximate surface area is 197 Å². The van der Waals surface area contributed by atoms with E-state index in [1.165, 1.54) is 14.2 Å². The molecular formula is C22H19ClN6O5. The van der Waals surface area contributed by atoms with E-state index in [0.29, 0.717) is 22.1 Å². The summed E-state index contributed by atoms with van der Waals surface area (Å²) in [6, 6.07) is 13.5. The van der Waals surface area contributed by atoms with Crippen LogP contribution in [0.5, 0.6) is 5.75 Å². The quantitative estimate of drug-likeness (QED) is 0.423. The van der Waals surface area contributed by atoms with Crippen molar-refractivity contribution in [1.29, 1.82) is 0 Å². The predicted molar refractivity (Wildman–Crippen MR) is 123 cm³/mol. The van der Waals surface area contributed by atoms with Gasteiger partial charge in [-0.25, -0.2) is 4.79 Å². The van der Waals surface area contributed by atoms with E-state index in [0.717, 1.165) is 9.25 Å². The molecule has 0 spiro atoms. The molecule has 0 fully saturated rings. The third-order valence-electron chi connectivity index (χ3n) is 4.86. The number of aromatic nitrogens is 5. The number of carbonyl (C=O) groups excluding carboxylic acids is 1. The molecule has 12 heteroatoms. The molecular weight excluding hydrogens is 464 g/mol. The van der Waals surface area contributed by atoms with Crippen LogP contribution in [0.4, 0.5) is 5.69 Å². The summed E-state index contributed by atoms with van der Waals surface area (Å²) >= 11 is 5.98. The highest BCUT2D eigenvalue weighted by atomic mass is 35.5. The van der Waals surface area contributed by atoms with E-state index >= 15 is 0 Å². The summed E-state index contributed by atoms with van der Waals surface area (Å²) in [7, 11) is 2.82. The topological polar surface area (TPSA) is 134 Å². The summed E-state index contributed by atoms with van der Waals surface area (Å²) in [5, 5.41) is 11.1. The number of benzene rings is 2. The Balaban J connectivity index is 1.52. The first-order chi connectivity index (χ1) is 16.4. The number of carbonyl (C=O) groups is 1. The van der Waals surface area contributed by atoms with Crippen LogP contribution in [0.1, 0.15) is 12.3 Å². The Morgan fingerprint density at radius 2 is 1.94 bits per heavy atom. The van der Waals surface area contributed by atoms with Crippen molar-refractivity contribution in [3.63, 3.8) is 0 Å². The molecule has 11 nitrogen and oxygen atoms in total. The van der Waals surface area contributed by atoms with E-state index in [9.17, 15) is 14.4 Å². The highest BCUT2D eigenvalue weighted by Crippen LogP contribution is 2.27. The molecule has 1 amide bonds. The lowest BCUT2D eigenvalue weighted by Gasteiger charge is -2.10. The van der Waals surface area contributed by atoms with Gasteiger partial charge < -0.3 is 14.6 Å². The minimum Gasteiger partial charge on any atom is -0.495 e. The normalized spacial score (nSPS) is 10.8. The van der Waals surface area contributed by atoms with Crippen molar-refractivity contribution in [2.75, 3.05) is 12.4 Å². The zero-order chi connectivity index (χ0) is 24.2. The second kappa shape index (κ2) is 9.71. The number of hydrogen-bond acceptors (Lipinski definition) is 8. The van der Waals surface area contributed by atoms with Crippen molar-refractivity contribution in [2.24, 2.45) is 7.05 Å². The van der Waals surface area contributed by atoms with Crippen LogP contribution in [0.25, 0.3) is 17.2 Å². The molecule has 0 aliphatic heterocycles. The number of halogens is 1. The molecule has 0 unspecified atom stereocenters. The van der Waals surface area contributed by atoms with Gasteiger partial charge in [0.15, 0.2) is 5.69 Å². The van der Waals surface area contributed by atoms with Crippen LogP contribution in [-0.4, -0.2) is 37.5 Å². The maximum absolute atomic E-state index is 12.6. The number of methoxy groups -OCH3 is 1. The van der Waals surface area contributed by atoms with Gasteiger partial charge in [0.2, 0.25) is 17.6 Å². The third kappa shape index (κ3) is 4.74. The van der Waals surface area contributed by atoms with E-state index in [4.69, 9.17) is 20.9 Å². The summed E-state index contributed by atoms with van der Waals surface area (Å²) in [5.41, 5.74) is -0.538.